The van der Waals surface area contributed by atoms with E-state index in [1.54, 1.807) is 13.0 Å². The summed E-state index contributed by atoms with van der Waals surface area (Å²) in [5.41, 5.74) is 0.353. The number of Topliss-reactive ketones (excluding diaryl/α,β-unsaturated/α-hetero) is 1. The van der Waals surface area contributed by atoms with Crippen LogP contribution < -0.4 is 0 Å². The molecule has 0 radical (unpaired) electrons. The van der Waals surface area contributed by atoms with Crippen molar-refractivity contribution < 1.29 is 13.6 Å². The lowest BCUT2D eigenvalue weighted by Crippen LogP contribution is -2.02. The van der Waals surface area contributed by atoms with Gasteiger partial charge in [0.25, 0.3) is 6.43 Å². The molecule has 0 aliphatic carbocycles. The average Bonchev–Trinajstić information content (AvgIpc) is 2.26. The summed E-state index contributed by atoms with van der Waals surface area (Å²) in [6.07, 6.45) is -2.29. The maximum atomic E-state index is 12.7. The van der Waals surface area contributed by atoms with Gasteiger partial charge in [-0.1, -0.05) is 6.92 Å². The molecule has 0 aliphatic heterocycles. The number of aryl methyl sites for hydroxylation is 1. The summed E-state index contributed by atoms with van der Waals surface area (Å²) < 4.78 is 25.4. The first-order chi connectivity index (χ1) is 7.51. The lowest BCUT2D eigenvalue weighted by Gasteiger charge is -2.09. The summed E-state index contributed by atoms with van der Waals surface area (Å²) in [7, 11) is 0. The van der Waals surface area contributed by atoms with Crippen molar-refractivity contribution in [2.24, 2.45) is 0 Å². The number of rotatable bonds is 3. The zero-order valence-electron chi connectivity index (χ0n) is 9.05. The van der Waals surface area contributed by atoms with E-state index in [4.69, 9.17) is 5.26 Å². The van der Waals surface area contributed by atoms with E-state index < -0.39 is 6.43 Å². The molecule has 84 valence electrons. The van der Waals surface area contributed by atoms with Crippen LogP contribution in [0.3, 0.4) is 0 Å². The van der Waals surface area contributed by atoms with Gasteiger partial charge in [-0.3, -0.25) is 4.79 Å². The minimum Gasteiger partial charge on any atom is -0.295 e. The van der Waals surface area contributed by atoms with Crippen LogP contribution in [0.15, 0.2) is 12.1 Å². The van der Waals surface area contributed by atoms with Crippen LogP contribution in [0.5, 0.6) is 0 Å². The van der Waals surface area contributed by atoms with Gasteiger partial charge in [-0.2, -0.15) is 5.26 Å². The van der Waals surface area contributed by atoms with Crippen LogP contribution in [-0.2, 0) is 6.42 Å². The minimum atomic E-state index is -2.74. The Kier molecular flexibility index (Phi) is 3.73. The van der Waals surface area contributed by atoms with Crippen molar-refractivity contribution in [1.82, 2.24) is 0 Å². The number of hydrogen-bond donors (Lipinski definition) is 0. The maximum Gasteiger partial charge on any atom is 0.265 e. The normalized spacial score (nSPS) is 10.2. The topological polar surface area (TPSA) is 40.9 Å². The van der Waals surface area contributed by atoms with E-state index >= 15 is 0 Å². The number of ketones is 1. The molecule has 0 heterocycles. The van der Waals surface area contributed by atoms with Crippen LogP contribution in [-0.4, -0.2) is 5.78 Å². The van der Waals surface area contributed by atoms with Gasteiger partial charge in [0.1, 0.15) is 0 Å². The third-order valence-electron chi connectivity index (χ3n) is 2.38. The summed E-state index contributed by atoms with van der Waals surface area (Å²) >= 11 is 0. The molecule has 0 bridgehead atoms. The van der Waals surface area contributed by atoms with E-state index in [0.717, 1.165) is 6.07 Å². The van der Waals surface area contributed by atoms with Gasteiger partial charge in [0.2, 0.25) is 0 Å². The van der Waals surface area contributed by atoms with Gasteiger partial charge in [-0.05, 0) is 31.0 Å². The highest BCUT2D eigenvalue weighted by atomic mass is 19.3. The molecule has 16 heavy (non-hydrogen) atoms. The van der Waals surface area contributed by atoms with E-state index in [0.29, 0.717) is 12.0 Å². The Morgan fingerprint density at radius 1 is 1.50 bits per heavy atom. The maximum absolute atomic E-state index is 12.7. The molecule has 0 saturated carbocycles. The van der Waals surface area contributed by atoms with Crippen LogP contribution >= 0.6 is 0 Å². The standard InChI is InChI=1S/C12H11F2NO/c1-3-8-4-9(7(2)16)5-10(12(13)14)11(8)6-15/h4-5,12H,3H2,1-2H3. The second kappa shape index (κ2) is 4.84. The monoisotopic (exact) mass is 223 g/mol. The van der Waals surface area contributed by atoms with Gasteiger partial charge >= 0.3 is 0 Å². The van der Waals surface area contributed by atoms with Gasteiger partial charge in [-0.25, -0.2) is 8.78 Å². The lowest BCUT2D eigenvalue weighted by atomic mass is 9.95. The van der Waals surface area contributed by atoms with E-state index in [1.165, 1.54) is 13.0 Å². The number of alkyl halides is 2. The first-order valence-corrected chi connectivity index (χ1v) is 4.87. The predicted octanol–water partition coefficient (Wildman–Crippen LogP) is 3.26. The highest BCUT2D eigenvalue weighted by Gasteiger charge is 2.18. The van der Waals surface area contributed by atoms with Crippen LogP contribution in [0.25, 0.3) is 0 Å². The Bertz CT molecular complexity index is 461. The summed E-state index contributed by atoms with van der Waals surface area (Å²) in [5.74, 6) is -0.277. The molecule has 2 nitrogen and oxygen atoms in total. The Hall–Kier alpha value is -1.76. The third-order valence-corrected chi connectivity index (χ3v) is 2.38. The molecule has 0 N–H and O–H groups in total. The van der Waals surface area contributed by atoms with Crippen LogP contribution in [0.2, 0.25) is 0 Å². The van der Waals surface area contributed by atoms with Crippen molar-refractivity contribution in [3.8, 4) is 6.07 Å². The van der Waals surface area contributed by atoms with Crippen molar-refractivity contribution in [1.29, 1.82) is 5.26 Å². The molecule has 0 unspecified atom stereocenters. The smallest absolute Gasteiger partial charge is 0.265 e. The largest absolute Gasteiger partial charge is 0.295 e. The van der Waals surface area contributed by atoms with E-state index in [2.05, 4.69) is 0 Å². The molecule has 1 aromatic carbocycles. The Balaban J connectivity index is 3.51. The fourth-order valence-corrected chi connectivity index (χ4v) is 1.52. The summed E-state index contributed by atoms with van der Waals surface area (Å²) in [6, 6.07) is 4.38. The van der Waals surface area contributed by atoms with E-state index in [-0.39, 0.29) is 22.5 Å². The third kappa shape index (κ3) is 2.25. The zero-order chi connectivity index (χ0) is 12.3. The number of hydrogen-bond acceptors (Lipinski definition) is 2. The second-order valence-corrected chi connectivity index (χ2v) is 3.42. The fraction of sp³-hybridized carbons (Fsp3) is 0.333. The van der Waals surface area contributed by atoms with Crippen LogP contribution in [0.1, 0.15) is 47.3 Å². The van der Waals surface area contributed by atoms with Crippen molar-refractivity contribution in [3.05, 3.63) is 34.4 Å². The number of carbonyl (C=O) groups excluding carboxylic acids is 1. The fourth-order valence-electron chi connectivity index (χ4n) is 1.52. The second-order valence-electron chi connectivity index (χ2n) is 3.42. The highest BCUT2D eigenvalue weighted by Crippen LogP contribution is 2.27. The zero-order valence-corrected chi connectivity index (χ0v) is 9.05. The molecule has 1 aromatic rings. The summed E-state index contributed by atoms with van der Waals surface area (Å²) in [4.78, 5) is 11.2. The molecule has 0 atom stereocenters. The van der Waals surface area contributed by atoms with E-state index in [1.807, 2.05) is 0 Å². The number of halogens is 2. The molecule has 0 amide bonds. The lowest BCUT2D eigenvalue weighted by molar-refractivity contribution is 0.101. The molecule has 1 rings (SSSR count). The minimum absolute atomic E-state index is 0.0116. The van der Waals surface area contributed by atoms with Crippen molar-refractivity contribution in [2.45, 2.75) is 26.7 Å². The predicted molar refractivity (Wildman–Crippen MR) is 55.5 cm³/mol. The number of nitriles is 1. The highest BCUT2D eigenvalue weighted by molar-refractivity contribution is 5.94. The number of benzene rings is 1. The van der Waals surface area contributed by atoms with Crippen LogP contribution in [0, 0.1) is 11.3 Å². The number of carbonyl (C=O) groups is 1. The van der Waals surface area contributed by atoms with Gasteiger partial charge < -0.3 is 0 Å². The van der Waals surface area contributed by atoms with Gasteiger partial charge in [0.05, 0.1) is 11.6 Å². The molecule has 0 fully saturated rings. The first-order valence-electron chi connectivity index (χ1n) is 4.87. The SMILES string of the molecule is CCc1cc(C(C)=O)cc(C(F)F)c1C#N. The van der Waals surface area contributed by atoms with Gasteiger partial charge in [0.15, 0.2) is 5.78 Å². The Morgan fingerprint density at radius 3 is 2.50 bits per heavy atom. The van der Waals surface area contributed by atoms with Gasteiger partial charge in [0, 0.05) is 11.1 Å². The Labute approximate surface area is 92.5 Å². The molecule has 0 aliphatic rings. The van der Waals surface area contributed by atoms with Crippen molar-refractivity contribution in [2.75, 3.05) is 0 Å². The van der Waals surface area contributed by atoms with Crippen LogP contribution in [0.4, 0.5) is 8.78 Å². The molecular weight excluding hydrogens is 212 g/mol. The van der Waals surface area contributed by atoms with Crippen molar-refractivity contribution >= 4 is 5.78 Å². The van der Waals surface area contributed by atoms with E-state index in [9.17, 15) is 13.6 Å². The molecule has 4 heteroatoms. The summed E-state index contributed by atoms with van der Waals surface area (Å²) in [5, 5.41) is 8.84. The molecular formula is C12H11F2NO. The number of nitrogens with zero attached hydrogens (tertiary/aromatic N) is 1. The average molecular weight is 223 g/mol. The quantitative estimate of drug-likeness (QED) is 0.738. The molecule has 0 saturated heterocycles. The first kappa shape index (κ1) is 12.3. The molecule has 0 aromatic heterocycles. The van der Waals surface area contributed by atoms with Gasteiger partial charge in [-0.15, -0.1) is 0 Å². The van der Waals surface area contributed by atoms with Crippen molar-refractivity contribution in [3.63, 3.8) is 0 Å². The Morgan fingerprint density at radius 2 is 2.12 bits per heavy atom. The molecule has 0 spiro atoms. The summed E-state index contributed by atoms with van der Waals surface area (Å²) in [6.45, 7) is 3.07.